The molecule has 1 saturated heterocycles. The van der Waals surface area contributed by atoms with Gasteiger partial charge in [-0.2, -0.15) is 0 Å². The zero-order chi connectivity index (χ0) is 16.9. The van der Waals surface area contributed by atoms with Crippen molar-refractivity contribution in [2.45, 2.75) is 32.2 Å². The Labute approximate surface area is 138 Å². The van der Waals surface area contributed by atoms with E-state index in [0.717, 1.165) is 25.9 Å². The number of sulfonamides is 1. The second-order valence-electron chi connectivity index (χ2n) is 5.85. The average molecular weight is 339 g/mol. The van der Waals surface area contributed by atoms with Gasteiger partial charge in [-0.1, -0.05) is 6.92 Å². The van der Waals surface area contributed by atoms with Gasteiger partial charge in [-0.3, -0.25) is 9.52 Å². The van der Waals surface area contributed by atoms with Crippen molar-refractivity contribution in [1.29, 1.82) is 0 Å². The van der Waals surface area contributed by atoms with Crippen LogP contribution in [0.5, 0.6) is 0 Å². The van der Waals surface area contributed by atoms with Crippen LogP contribution in [0.3, 0.4) is 0 Å². The molecule has 0 atom stereocenters. The van der Waals surface area contributed by atoms with Crippen LogP contribution in [0.1, 0.15) is 36.5 Å². The molecule has 6 nitrogen and oxygen atoms in total. The summed E-state index contributed by atoms with van der Waals surface area (Å²) in [5, 5.41) is 3.24. The van der Waals surface area contributed by atoms with E-state index in [1.54, 1.807) is 24.3 Å². The predicted octanol–water partition coefficient (Wildman–Crippen LogP) is 1.66. The van der Waals surface area contributed by atoms with Gasteiger partial charge in [-0.25, -0.2) is 8.42 Å². The van der Waals surface area contributed by atoms with Crippen molar-refractivity contribution >= 4 is 21.6 Å². The largest absolute Gasteiger partial charge is 0.339 e. The van der Waals surface area contributed by atoms with E-state index >= 15 is 0 Å². The monoisotopic (exact) mass is 339 g/mol. The first-order chi connectivity index (χ1) is 10.9. The fourth-order valence-corrected chi connectivity index (χ4v) is 3.87. The van der Waals surface area contributed by atoms with Crippen LogP contribution in [0.25, 0.3) is 0 Å². The van der Waals surface area contributed by atoms with Gasteiger partial charge in [-0.15, -0.1) is 0 Å². The van der Waals surface area contributed by atoms with Crippen LogP contribution in [0.4, 0.5) is 5.69 Å². The van der Waals surface area contributed by atoms with Crippen LogP contribution < -0.4 is 10.0 Å². The fraction of sp³-hybridized carbons (Fsp3) is 0.562. The topological polar surface area (TPSA) is 78.5 Å². The first-order valence-electron chi connectivity index (χ1n) is 8.02. The third-order valence-corrected chi connectivity index (χ3v) is 5.56. The molecule has 1 heterocycles. The summed E-state index contributed by atoms with van der Waals surface area (Å²) >= 11 is 0. The lowest BCUT2D eigenvalue weighted by Gasteiger charge is -2.31. The number of nitrogens with one attached hydrogen (secondary N) is 2. The van der Waals surface area contributed by atoms with E-state index in [1.807, 2.05) is 18.9 Å². The normalized spacial score (nSPS) is 16.3. The van der Waals surface area contributed by atoms with Crippen LogP contribution in [0.2, 0.25) is 0 Å². The second kappa shape index (κ2) is 7.79. The summed E-state index contributed by atoms with van der Waals surface area (Å²) in [5.41, 5.74) is 1.08. The molecule has 1 aromatic rings. The van der Waals surface area contributed by atoms with Crippen molar-refractivity contribution in [3.63, 3.8) is 0 Å². The predicted molar refractivity (Wildman–Crippen MR) is 92.1 cm³/mol. The van der Waals surface area contributed by atoms with E-state index in [-0.39, 0.29) is 11.7 Å². The summed E-state index contributed by atoms with van der Waals surface area (Å²) in [5.74, 6) is 0.0937. The van der Waals surface area contributed by atoms with Gasteiger partial charge in [0, 0.05) is 30.4 Å². The number of benzene rings is 1. The molecule has 1 aromatic carbocycles. The van der Waals surface area contributed by atoms with Gasteiger partial charge >= 0.3 is 0 Å². The second-order valence-corrected chi connectivity index (χ2v) is 7.70. The highest BCUT2D eigenvalue weighted by Crippen LogP contribution is 2.16. The maximum absolute atomic E-state index is 12.5. The number of hydrogen-bond acceptors (Lipinski definition) is 4. The molecule has 0 unspecified atom stereocenters. The third kappa shape index (κ3) is 4.94. The summed E-state index contributed by atoms with van der Waals surface area (Å²) in [4.78, 5) is 14.3. The number of likely N-dealkylation sites (tertiary alicyclic amines) is 1. The molecule has 0 aliphatic carbocycles. The Morgan fingerprint density at radius 3 is 2.35 bits per heavy atom. The molecule has 1 aliphatic heterocycles. The van der Waals surface area contributed by atoms with Crippen molar-refractivity contribution < 1.29 is 13.2 Å². The van der Waals surface area contributed by atoms with Crippen molar-refractivity contribution in [3.05, 3.63) is 29.8 Å². The molecule has 0 radical (unpaired) electrons. The van der Waals surface area contributed by atoms with Gasteiger partial charge in [0.1, 0.15) is 0 Å². The first kappa shape index (κ1) is 17.7. The van der Waals surface area contributed by atoms with Gasteiger partial charge in [-0.05, 0) is 50.6 Å². The number of rotatable bonds is 6. The van der Waals surface area contributed by atoms with Gasteiger partial charge in [0.2, 0.25) is 10.0 Å². The van der Waals surface area contributed by atoms with Crippen molar-refractivity contribution in [1.82, 2.24) is 10.2 Å². The van der Waals surface area contributed by atoms with Crippen molar-refractivity contribution in [2.75, 3.05) is 30.6 Å². The molecule has 1 aliphatic rings. The maximum atomic E-state index is 12.5. The molecule has 1 amide bonds. The van der Waals surface area contributed by atoms with E-state index in [2.05, 4.69) is 10.0 Å². The molecule has 23 heavy (non-hydrogen) atoms. The Bertz CT molecular complexity index is 620. The van der Waals surface area contributed by atoms with E-state index in [1.165, 1.54) is 0 Å². The van der Waals surface area contributed by atoms with Crippen LogP contribution >= 0.6 is 0 Å². The number of piperidine rings is 1. The quantitative estimate of drug-likeness (QED) is 0.826. The first-order valence-corrected chi connectivity index (χ1v) is 9.67. The van der Waals surface area contributed by atoms with Crippen LogP contribution in [0.15, 0.2) is 24.3 Å². The molecule has 0 spiro atoms. The average Bonchev–Trinajstić information content (AvgIpc) is 2.54. The summed E-state index contributed by atoms with van der Waals surface area (Å²) in [7, 11) is -1.35. The number of nitrogens with zero attached hydrogens (tertiary/aromatic N) is 1. The van der Waals surface area contributed by atoms with Gasteiger partial charge in [0.25, 0.3) is 5.91 Å². The molecule has 128 valence electrons. The summed E-state index contributed by atoms with van der Waals surface area (Å²) in [6, 6.07) is 7.11. The molecule has 1 fully saturated rings. The highest BCUT2D eigenvalue weighted by atomic mass is 32.2. The number of anilines is 1. The van der Waals surface area contributed by atoms with E-state index in [4.69, 9.17) is 0 Å². The Morgan fingerprint density at radius 2 is 1.83 bits per heavy atom. The standard InChI is InChI=1S/C16H25N3O3S/c1-3-12-23(21,22)18-15-6-4-13(5-7-15)16(20)19-10-8-14(17-2)9-11-19/h4-7,14,17-18H,3,8-12H2,1-2H3. The maximum Gasteiger partial charge on any atom is 0.253 e. The van der Waals surface area contributed by atoms with Crippen LogP contribution in [-0.2, 0) is 10.0 Å². The van der Waals surface area contributed by atoms with Gasteiger partial charge in [0.15, 0.2) is 0 Å². The third-order valence-electron chi connectivity index (χ3n) is 4.07. The number of amides is 1. The zero-order valence-electron chi connectivity index (χ0n) is 13.7. The smallest absolute Gasteiger partial charge is 0.253 e. The zero-order valence-corrected chi connectivity index (χ0v) is 14.5. The minimum absolute atomic E-state index is 0.00233. The van der Waals surface area contributed by atoms with Crippen LogP contribution in [0, 0.1) is 0 Å². The number of hydrogen-bond donors (Lipinski definition) is 2. The Morgan fingerprint density at radius 1 is 1.22 bits per heavy atom. The lowest BCUT2D eigenvalue weighted by atomic mass is 10.0. The number of carbonyl (C=O) groups is 1. The molecule has 0 aromatic heterocycles. The minimum Gasteiger partial charge on any atom is -0.339 e. The highest BCUT2D eigenvalue weighted by molar-refractivity contribution is 7.92. The number of carbonyl (C=O) groups excluding carboxylic acids is 1. The highest BCUT2D eigenvalue weighted by Gasteiger charge is 2.22. The fourth-order valence-electron chi connectivity index (χ4n) is 2.73. The molecular weight excluding hydrogens is 314 g/mol. The van der Waals surface area contributed by atoms with Crippen molar-refractivity contribution in [2.24, 2.45) is 0 Å². The summed E-state index contributed by atoms with van der Waals surface area (Å²) in [6.45, 7) is 3.31. The van der Waals surface area contributed by atoms with E-state index in [9.17, 15) is 13.2 Å². The molecule has 2 rings (SSSR count). The Kier molecular flexibility index (Phi) is 6.01. The van der Waals surface area contributed by atoms with E-state index < -0.39 is 10.0 Å². The lowest BCUT2D eigenvalue weighted by Crippen LogP contribution is -2.43. The summed E-state index contributed by atoms with van der Waals surface area (Å²) < 4.78 is 26.0. The molecular formula is C16H25N3O3S. The SMILES string of the molecule is CCCS(=O)(=O)Nc1ccc(C(=O)N2CCC(NC)CC2)cc1. The summed E-state index contributed by atoms with van der Waals surface area (Å²) in [6.07, 6.45) is 2.47. The van der Waals surface area contributed by atoms with E-state index in [0.29, 0.717) is 23.7 Å². The van der Waals surface area contributed by atoms with Gasteiger partial charge < -0.3 is 10.2 Å². The molecule has 0 bridgehead atoms. The van der Waals surface area contributed by atoms with Gasteiger partial charge in [0.05, 0.1) is 5.75 Å². The molecule has 2 N–H and O–H groups in total. The minimum atomic E-state index is -3.30. The van der Waals surface area contributed by atoms with Crippen LogP contribution in [-0.4, -0.2) is 51.2 Å². The molecule has 0 saturated carbocycles. The Hall–Kier alpha value is -1.60. The molecule has 7 heteroatoms. The van der Waals surface area contributed by atoms with Crippen molar-refractivity contribution in [3.8, 4) is 0 Å². The lowest BCUT2D eigenvalue weighted by molar-refractivity contribution is 0.0707. The Balaban J connectivity index is 1.98.